The number of anilines is 1. The standard InChI is InChI=1S/C14H13BrN2O3/c1-19-12-4-2-3-11(13(12)16)14(18)20-8-9-5-10(15)7-17-6-9/h2-7H,8,16H2,1H3. The van der Waals surface area contributed by atoms with E-state index in [9.17, 15) is 4.79 Å². The Hall–Kier alpha value is -2.08. The molecule has 2 aromatic rings. The summed E-state index contributed by atoms with van der Waals surface area (Å²) in [6.07, 6.45) is 3.29. The summed E-state index contributed by atoms with van der Waals surface area (Å²) in [6, 6.07) is 6.80. The summed E-state index contributed by atoms with van der Waals surface area (Å²) in [5, 5.41) is 0. The van der Waals surface area contributed by atoms with Gasteiger partial charge in [0.15, 0.2) is 0 Å². The summed E-state index contributed by atoms with van der Waals surface area (Å²) in [4.78, 5) is 16.0. The fraction of sp³-hybridized carbons (Fsp3) is 0.143. The van der Waals surface area contributed by atoms with Crippen LogP contribution in [0.5, 0.6) is 5.75 Å². The van der Waals surface area contributed by atoms with Gasteiger partial charge < -0.3 is 15.2 Å². The number of methoxy groups -OCH3 is 1. The van der Waals surface area contributed by atoms with Crippen LogP contribution in [-0.2, 0) is 11.3 Å². The molecule has 1 aromatic heterocycles. The predicted molar refractivity (Wildman–Crippen MR) is 78.5 cm³/mol. The molecule has 0 atom stereocenters. The smallest absolute Gasteiger partial charge is 0.340 e. The van der Waals surface area contributed by atoms with E-state index >= 15 is 0 Å². The zero-order chi connectivity index (χ0) is 14.5. The Kier molecular flexibility index (Phi) is 4.57. The molecule has 2 N–H and O–H groups in total. The summed E-state index contributed by atoms with van der Waals surface area (Å²) in [6.45, 7) is 0.127. The summed E-state index contributed by atoms with van der Waals surface area (Å²) >= 11 is 3.31. The molecule has 104 valence electrons. The highest BCUT2D eigenvalue weighted by atomic mass is 79.9. The fourth-order valence-electron chi connectivity index (χ4n) is 1.66. The lowest BCUT2D eigenvalue weighted by atomic mass is 10.1. The molecule has 20 heavy (non-hydrogen) atoms. The second-order valence-corrected chi connectivity index (χ2v) is 4.92. The number of rotatable bonds is 4. The summed E-state index contributed by atoms with van der Waals surface area (Å²) < 4.78 is 11.1. The first-order chi connectivity index (χ1) is 9.61. The lowest BCUT2D eigenvalue weighted by Crippen LogP contribution is -2.09. The highest BCUT2D eigenvalue weighted by molar-refractivity contribution is 9.10. The van der Waals surface area contributed by atoms with Crippen LogP contribution < -0.4 is 10.5 Å². The van der Waals surface area contributed by atoms with Crippen LogP contribution >= 0.6 is 15.9 Å². The van der Waals surface area contributed by atoms with Gasteiger partial charge in [-0.25, -0.2) is 4.79 Å². The molecule has 0 spiro atoms. The van der Waals surface area contributed by atoms with E-state index in [1.165, 1.54) is 7.11 Å². The molecule has 0 aliphatic rings. The van der Waals surface area contributed by atoms with Crippen LogP contribution in [0.15, 0.2) is 41.1 Å². The SMILES string of the molecule is COc1cccc(C(=O)OCc2cncc(Br)c2)c1N. The molecule has 0 amide bonds. The highest BCUT2D eigenvalue weighted by Gasteiger charge is 2.14. The zero-order valence-electron chi connectivity index (χ0n) is 10.8. The van der Waals surface area contributed by atoms with Gasteiger partial charge in [-0.1, -0.05) is 6.07 Å². The first-order valence-electron chi connectivity index (χ1n) is 5.81. The van der Waals surface area contributed by atoms with Gasteiger partial charge in [-0.15, -0.1) is 0 Å². The molecule has 0 bridgehead atoms. The molecule has 2 rings (SSSR count). The van der Waals surface area contributed by atoms with E-state index in [0.717, 1.165) is 10.0 Å². The van der Waals surface area contributed by atoms with Crippen LogP contribution in [0.25, 0.3) is 0 Å². The minimum atomic E-state index is -0.499. The maximum atomic E-state index is 12.0. The Morgan fingerprint density at radius 2 is 2.20 bits per heavy atom. The van der Waals surface area contributed by atoms with Crippen LogP contribution in [0.1, 0.15) is 15.9 Å². The molecule has 5 nitrogen and oxygen atoms in total. The predicted octanol–water partition coefficient (Wildman–Crippen LogP) is 2.79. The molecule has 0 aliphatic heterocycles. The summed E-state index contributed by atoms with van der Waals surface area (Å²) in [5.41, 5.74) is 7.18. The number of ether oxygens (including phenoxy) is 2. The van der Waals surface area contributed by atoms with Gasteiger partial charge in [0.1, 0.15) is 12.4 Å². The van der Waals surface area contributed by atoms with Gasteiger partial charge in [-0.2, -0.15) is 0 Å². The second kappa shape index (κ2) is 6.38. The van der Waals surface area contributed by atoms with Gasteiger partial charge in [0.25, 0.3) is 0 Å². The molecule has 1 aromatic carbocycles. The number of nitrogen functional groups attached to an aromatic ring is 1. The maximum Gasteiger partial charge on any atom is 0.340 e. The molecular formula is C14H13BrN2O3. The van der Waals surface area contributed by atoms with Crippen molar-refractivity contribution < 1.29 is 14.3 Å². The van der Waals surface area contributed by atoms with Gasteiger partial charge in [-0.3, -0.25) is 4.98 Å². The van der Waals surface area contributed by atoms with Crippen LogP contribution in [-0.4, -0.2) is 18.1 Å². The average molecular weight is 337 g/mol. The molecule has 1 heterocycles. The fourth-order valence-corrected chi connectivity index (χ4v) is 2.07. The van der Waals surface area contributed by atoms with E-state index in [1.807, 2.05) is 6.07 Å². The van der Waals surface area contributed by atoms with Crippen LogP contribution in [0.2, 0.25) is 0 Å². The normalized spacial score (nSPS) is 10.1. The first kappa shape index (κ1) is 14.3. The molecule has 0 fully saturated rings. The Morgan fingerprint density at radius 3 is 2.90 bits per heavy atom. The maximum absolute atomic E-state index is 12.0. The molecule has 0 saturated heterocycles. The van der Waals surface area contributed by atoms with Crippen LogP contribution in [0.3, 0.4) is 0 Å². The number of nitrogens with two attached hydrogens (primary N) is 1. The largest absolute Gasteiger partial charge is 0.495 e. The number of nitrogens with zero attached hydrogens (tertiary/aromatic N) is 1. The van der Waals surface area contributed by atoms with Crippen LogP contribution in [0.4, 0.5) is 5.69 Å². The lowest BCUT2D eigenvalue weighted by molar-refractivity contribution is 0.0473. The number of carbonyl (C=O) groups excluding carboxylic acids is 1. The molecular weight excluding hydrogens is 324 g/mol. The third-order valence-electron chi connectivity index (χ3n) is 2.64. The average Bonchev–Trinajstić information content (AvgIpc) is 2.45. The van der Waals surface area contributed by atoms with Crippen molar-refractivity contribution in [2.45, 2.75) is 6.61 Å². The van der Waals surface area contributed by atoms with Crippen molar-refractivity contribution in [2.75, 3.05) is 12.8 Å². The number of hydrogen-bond donors (Lipinski definition) is 1. The van der Waals surface area contributed by atoms with Crippen molar-refractivity contribution in [2.24, 2.45) is 0 Å². The van der Waals surface area contributed by atoms with E-state index < -0.39 is 5.97 Å². The number of esters is 1. The van der Waals surface area contributed by atoms with Crippen molar-refractivity contribution >= 4 is 27.6 Å². The van der Waals surface area contributed by atoms with Crippen LogP contribution in [0, 0.1) is 0 Å². The van der Waals surface area contributed by atoms with Crippen molar-refractivity contribution in [3.8, 4) is 5.75 Å². The van der Waals surface area contributed by atoms with Crippen molar-refractivity contribution in [1.29, 1.82) is 0 Å². The van der Waals surface area contributed by atoms with Gasteiger partial charge in [0, 0.05) is 22.4 Å². The second-order valence-electron chi connectivity index (χ2n) is 4.01. The molecule has 0 saturated carbocycles. The third-order valence-corrected chi connectivity index (χ3v) is 3.07. The van der Waals surface area contributed by atoms with Gasteiger partial charge in [0.2, 0.25) is 0 Å². The zero-order valence-corrected chi connectivity index (χ0v) is 12.4. The Bertz CT molecular complexity index is 632. The van der Waals surface area contributed by atoms with E-state index in [0.29, 0.717) is 5.75 Å². The van der Waals surface area contributed by atoms with E-state index in [1.54, 1.807) is 30.6 Å². The number of para-hydroxylation sites is 1. The number of pyridine rings is 1. The number of benzene rings is 1. The van der Waals surface area contributed by atoms with Gasteiger partial charge >= 0.3 is 5.97 Å². The van der Waals surface area contributed by atoms with Crippen molar-refractivity contribution in [3.05, 3.63) is 52.3 Å². The van der Waals surface area contributed by atoms with E-state index in [-0.39, 0.29) is 17.9 Å². The summed E-state index contributed by atoms with van der Waals surface area (Å²) in [7, 11) is 1.49. The lowest BCUT2D eigenvalue weighted by Gasteiger charge is -2.10. The van der Waals surface area contributed by atoms with E-state index in [2.05, 4.69) is 20.9 Å². The third kappa shape index (κ3) is 3.27. The topological polar surface area (TPSA) is 74.4 Å². The molecule has 0 unspecified atom stereocenters. The molecule has 0 radical (unpaired) electrons. The molecule has 0 aliphatic carbocycles. The number of halogens is 1. The van der Waals surface area contributed by atoms with E-state index in [4.69, 9.17) is 15.2 Å². The van der Waals surface area contributed by atoms with Crippen molar-refractivity contribution in [3.63, 3.8) is 0 Å². The minimum absolute atomic E-state index is 0.127. The Morgan fingerprint density at radius 1 is 1.40 bits per heavy atom. The number of aromatic nitrogens is 1. The minimum Gasteiger partial charge on any atom is -0.495 e. The Balaban J connectivity index is 2.09. The number of hydrogen-bond acceptors (Lipinski definition) is 5. The molecule has 6 heteroatoms. The van der Waals surface area contributed by atoms with Gasteiger partial charge in [-0.05, 0) is 34.1 Å². The quantitative estimate of drug-likeness (QED) is 0.686. The summed E-state index contributed by atoms with van der Waals surface area (Å²) in [5.74, 6) is -0.0510. The monoisotopic (exact) mass is 336 g/mol. The van der Waals surface area contributed by atoms with Crippen molar-refractivity contribution in [1.82, 2.24) is 4.98 Å². The Labute approximate surface area is 124 Å². The first-order valence-corrected chi connectivity index (χ1v) is 6.60. The number of carbonyl (C=O) groups is 1. The van der Waals surface area contributed by atoms with Gasteiger partial charge in [0.05, 0.1) is 18.4 Å². The highest BCUT2D eigenvalue weighted by Crippen LogP contribution is 2.25.